The minimum Gasteiger partial charge on any atom is -0.478 e. The quantitative estimate of drug-likeness (QED) is 0.232. The van der Waals surface area contributed by atoms with Crippen molar-refractivity contribution in [3.05, 3.63) is 149 Å². The number of pyridine rings is 1. The van der Waals surface area contributed by atoms with Crippen LogP contribution in [0.25, 0.3) is 27.4 Å². The molecule has 196 valence electrons. The zero-order valence-electron chi connectivity index (χ0n) is 21.5. The minimum absolute atomic E-state index is 0.197. The highest BCUT2D eigenvalue weighted by Crippen LogP contribution is 2.27. The Balaban J connectivity index is 1.36. The molecule has 6 heteroatoms. The second kappa shape index (κ2) is 10.5. The van der Waals surface area contributed by atoms with Gasteiger partial charge in [0.2, 0.25) is 0 Å². The number of carboxylic acids is 1. The van der Waals surface area contributed by atoms with E-state index < -0.39 is 5.97 Å². The van der Waals surface area contributed by atoms with E-state index in [2.05, 4.69) is 11.4 Å². The van der Waals surface area contributed by atoms with Crippen molar-refractivity contribution in [2.75, 3.05) is 0 Å². The molecule has 0 saturated carbocycles. The topological polar surface area (TPSA) is 70.8 Å². The van der Waals surface area contributed by atoms with Gasteiger partial charge in [0.15, 0.2) is 0 Å². The molecule has 0 radical (unpaired) electrons. The maximum atomic E-state index is 13.6. The molecule has 0 aliphatic carbocycles. The summed E-state index contributed by atoms with van der Waals surface area (Å²) in [6, 6.07) is 35.1. The molecular weight excluding hydrogens is 503 g/mol. The number of fused-ring (bicyclic) bond motifs is 2. The van der Waals surface area contributed by atoms with Crippen LogP contribution in [0, 0.1) is 5.82 Å². The predicted octanol–water partition coefficient (Wildman–Crippen LogP) is 7.12. The van der Waals surface area contributed by atoms with Crippen LogP contribution in [0.5, 0.6) is 0 Å². The first kappa shape index (κ1) is 25.1. The Bertz CT molecular complexity index is 1880. The number of nitrogens with zero attached hydrogens (tertiary/aromatic N) is 1. The maximum Gasteiger partial charge on any atom is 0.335 e. The Hall–Kier alpha value is -5.23. The fraction of sp³-hybridized carbons (Fsp3) is 0.0588. The van der Waals surface area contributed by atoms with Gasteiger partial charge in [-0.15, -0.1) is 0 Å². The van der Waals surface area contributed by atoms with E-state index in [0.717, 1.165) is 44.2 Å². The first-order valence-corrected chi connectivity index (χ1v) is 12.9. The first-order chi connectivity index (χ1) is 19.4. The molecule has 0 aliphatic heterocycles. The van der Waals surface area contributed by atoms with Crippen molar-refractivity contribution in [2.45, 2.75) is 13.0 Å². The Kier molecular flexibility index (Phi) is 6.58. The summed E-state index contributed by atoms with van der Waals surface area (Å²) in [4.78, 5) is 24.8. The van der Waals surface area contributed by atoms with E-state index in [4.69, 9.17) is 5.11 Å². The number of amides is 1. The Morgan fingerprint density at radius 2 is 1.45 bits per heavy atom. The summed E-state index contributed by atoms with van der Waals surface area (Å²) in [5, 5.41) is 13.9. The van der Waals surface area contributed by atoms with Crippen LogP contribution < -0.4 is 5.32 Å². The maximum absolute atomic E-state index is 13.6. The third-order valence-corrected chi connectivity index (χ3v) is 7.07. The molecule has 2 aromatic heterocycles. The highest BCUT2D eigenvalue weighted by Gasteiger charge is 2.16. The SMILES string of the molecule is O=C(O)c1ccc(CNC(=O)c2cc(-c3ccccc3)cc3ccc(Cc4ccc5cc(F)ccc5c4)n23)cc1. The second-order valence-electron chi connectivity index (χ2n) is 9.77. The van der Waals surface area contributed by atoms with Crippen molar-refractivity contribution in [3.63, 3.8) is 0 Å². The van der Waals surface area contributed by atoms with E-state index in [0.29, 0.717) is 12.1 Å². The first-order valence-electron chi connectivity index (χ1n) is 12.9. The van der Waals surface area contributed by atoms with Gasteiger partial charge in [-0.2, -0.15) is 0 Å². The monoisotopic (exact) mass is 528 g/mol. The number of nitrogens with one attached hydrogen (secondary N) is 1. The number of carboxylic acid groups (broad SMARTS) is 1. The molecule has 0 saturated heterocycles. The van der Waals surface area contributed by atoms with Crippen molar-refractivity contribution in [1.82, 2.24) is 9.72 Å². The van der Waals surface area contributed by atoms with E-state index in [1.807, 2.05) is 71.1 Å². The molecule has 0 atom stereocenters. The van der Waals surface area contributed by atoms with Crippen molar-refractivity contribution in [2.24, 2.45) is 0 Å². The lowest BCUT2D eigenvalue weighted by molar-refractivity contribution is 0.0696. The van der Waals surface area contributed by atoms with Gasteiger partial charge in [0.1, 0.15) is 11.5 Å². The summed E-state index contributed by atoms with van der Waals surface area (Å²) in [5.41, 5.74) is 6.34. The number of aromatic nitrogens is 1. The van der Waals surface area contributed by atoms with Gasteiger partial charge in [0, 0.05) is 24.2 Å². The smallest absolute Gasteiger partial charge is 0.335 e. The summed E-state index contributed by atoms with van der Waals surface area (Å²) in [6.07, 6.45) is 0.586. The highest BCUT2D eigenvalue weighted by atomic mass is 19.1. The standard InChI is InChI=1S/C34H25FN2O3/c35-29-13-12-26-16-23(8-11-27(26)18-29)17-30-14-15-31-19-28(24-4-2-1-3-5-24)20-32(37(30)31)33(38)36-21-22-6-9-25(10-7-22)34(39)40/h1-16,18-20H,17,21H2,(H,36,38)(H,39,40). The van der Waals surface area contributed by atoms with Crippen LogP contribution >= 0.6 is 0 Å². The largest absolute Gasteiger partial charge is 0.478 e. The fourth-order valence-electron chi connectivity index (χ4n) is 5.04. The Labute approximate surface area is 230 Å². The number of hydrogen-bond acceptors (Lipinski definition) is 2. The summed E-state index contributed by atoms with van der Waals surface area (Å²) < 4.78 is 15.6. The lowest BCUT2D eigenvalue weighted by atomic mass is 10.0. The van der Waals surface area contributed by atoms with Crippen LogP contribution in [0.2, 0.25) is 0 Å². The second-order valence-corrected chi connectivity index (χ2v) is 9.77. The molecule has 5 nitrogen and oxygen atoms in total. The van der Waals surface area contributed by atoms with Gasteiger partial charge in [-0.25, -0.2) is 9.18 Å². The molecule has 4 aromatic carbocycles. The molecule has 0 aliphatic rings. The summed E-state index contributed by atoms with van der Waals surface area (Å²) in [7, 11) is 0. The van der Waals surface area contributed by atoms with Gasteiger partial charge < -0.3 is 14.8 Å². The summed E-state index contributed by atoms with van der Waals surface area (Å²) in [6.45, 7) is 0.258. The van der Waals surface area contributed by atoms with E-state index in [1.165, 1.54) is 24.3 Å². The molecule has 6 rings (SSSR count). The zero-order chi connectivity index (χ0) is 27.6. The van der Waals surface area contributed by atoms with E-state index in [9.17, 15) is 14.0 Å². The van der Waals surface area contributed by atoms with Crippen LogP contribution in [-0.2, 0) is 13.0 Å². The number of carbonyl (C=O) groups is 2. The zero-order valence-corrected chi connectivity index (χ0v) is 21.5. The lowest BCUT2D eigenvalue weighted by Gasteiger charge is -2.14. The number of rotatable bonds is 7. The van der Waals surface area contributed by atoms with E-state index >= 15 is 0 Å². The van der Waals surface area contributed by atoms with E-state index in [-0.39, 0.29) is 23.8 Å². The molecule has 2 heterocycles. The van der Waals surface area contributed by atoms with Crippen LogP contribution in [0.3, 0.4) is 0 Å². The number of hydrogen-bond donors (Lipinski definition) is 2. The summed E-state index contributed by atoms with van der Waals surface area (Å²) >= 11 is 0. The van der Waals surface area contributed by atoms with Gasteiger partial charge in [-0.05, 0) is 81.6 Å². The molecule has 2 N–H and O–H groups in total. The Morgan fingerprint density at radius 1 is 0.725 bits per heavy atom. The number of halogens is 1. The van der Waals surface area contributed by atoms with Crippen molar-refractivity contribution < 1.29 is 19.1 Å². The van der Waals surface area contributed by atoms with Gasteiger partial charge in [0.25, 0.3) is 5.91 Å². The number of carbonyl (C=O) groups excluding carboxylic acids is 1. The Morgan fingerprint density at radius 3 is 2.23 bits per heavy atom. The number of benzene rings is 4. The van der Waals surface area contributed by atoms with Gasteiger partial charge in [-0.1, -0.05) is 66.7 Å². The van der Waals surface area contributed by atoms with Crippen LogP contribution in [0.1, 0.15) is 37.7 Å². The third-order valence-electron chi connectivity index (χ3n) is 7.07. The lowest BCUT2D eigenvalue weighted by Crippen LogP contribution is -2.25. The molecule has 0 bridgehead atoms. The molecule has 1 amide bonds. The van der Waals surface area contributed by atoms with Crippen molar-refractivity contribution in [1.29, 1.82) is 0 Å². The third kappa shape index (κ3) is 5.07. The molecule has 0 spiro atoms. The molecule has 0 fully saturated rings. The van der Waals surface area contributed by atoms with Gasteiger partial charge in [0.05, 0.1) is 5.56 Å². The van der Waals surface area contributed by atoms with Gasteiger partial charge in [-0.3, -0.25) is 4.79 Å². The molecule has 0 unspecified atom stereocenters. The predicted molar refractivity (Wildman–Crippen MR) is 154 cm³/mol. The number of aromatic carboxylic acids is 1. The molecular formula is C34H25FN2O3. The van der Waals surface area contributed by atoms with E-state index in [1.54, 1.807) is 18.2 Å². The van der Waals surface area contributed by atoms with Crippen LogP contribution in [0.4, 0.5) is 4.39 Å². The average Bonchev–Trinajstić information content (AvgIpc) is 3.38. The van der Waals surface area contributed by atoms with Crippen molar-refractivity contribution >= 4 is 28.2 Å². The normalized spacial score (nSPS) is 11.1. The van der Waals surface area contributed by atoms with Crippen molar-refractivity contribution in [3.8, 4) is 11.1 Å². The van der Waals surface area contributed by atoms with Crippen LogP contribution in [0.15, 0.2) is 115 Å². The molecule has 6 aromatic rings. The van der Waals surface area contributed by atoms with Crippen LogP contribution in [-0.4, -0.2) is 21.4 Å². The average molecular weight is 529 g/mol. The highest BCUT2D eigenvalue weighted by molar-refractivity contribution is 5.95. The summed E-state index contributed by atoms with van der Waals surface area (Å²) in [5.74, 6) is -1.49. The molecule has 40 heavy (non-hydrogen) atoms. The fourth-order valence-corrected chi connectivity index (χ4v) is 5.04. The minimum atomic E-state index is -0.991. The van der Waals surface area contributed by atoms with Gasteiger partial charge >= 0.3 is 5.97 Å².